The molecule has 2 aromatic rings. The van der Waals surface area contributed by atoms with Crippen LogP contribution in [0, 0.1) is 0 Å². The van der Waals surface area contributed by atoms with Gasteiger partial charge >= 0.3 is 0 Å². The van der Waals surface area contributed by atoms with Gasteiger partial charge in [0.1, 0.15) is 0 Å². The summed E-state index contributed by atoms with van der Waals surface area (Å²) in [5, 5.41) is 3.16. The van der Waals surface area contributed by atoms with Crippen molar-refractivity contribution in [2.75, 3.05) is 11.5 Å². The van der Waals surface area contributed by atoms with E-state index in [1.165, 1.54) is 11.1 Å². The second-order valence-electron chi connectivity index (χ2n) is 6.17. The highest BCUT2D eigenvalue weighted by atomic mass is 16.1. The van der Waals surface area contributed by atoms with Crippen LogP contribution in [0.3, 0.4) is 0 Å². The molecule has 0 saturated carbocycles. The first-order valence-corrected chi connectivity index (χ1v) is 8.14. The molecule has 0 heterocycles. The number of carbonyl (C=O) groups excluding carboxylic acids is 1. The van der Waals surface area contributed by atoms with Crippen LogP contribution in [0.4, 0.5) is 11.4 Å². The Labute approximate surface area is 136 Å². The molecule has 0 spiro atoms. The number of para-hydroxylation sites is 1. The first-order chi connectivity index (χ1) is 11.1. The largest absolute Gasteiger partial charge is 0.399 e. The van der Waals surface area contributed by atoms with Crippen LogP contribution in [-0.2, 0) is 17.6 Å². The molecule has 2 aromatic carbocycles. The SMILES string of the molecule is Nc1ccc2c(c1)CCCC2NC(=O)CCc1ccccc1N. The fourth-order valence-electron chi connectivity index (χ4n) is 3.26. The van der Waals surface area contributed by atoms with Crippen LogP contribution in [0.5, 0.6) is 0 Å². The molecule has 0 aromatic heterocycles. The van der Waals surface area contributed by atoms with E-state index in [0.29, 0.717) is 12.8 Å². The number of aryl methyl sites for hydroxylation is 2. The van der Waals surface area contributed by atoms with Gasteiger partial charge in [0.05, 0.1) is 6.04 Å². The van der Waals surface area contributed by atoms with E-state index in [0.717, 1.165) is 36.2 Å². The van der Waals surface area contributed by atoms with Crippen LogP contribution in [0.2, 0.25) is 0 Å². The van der Waals surface area contributed by atoms with Crippen molar-refractivity contribution in [1.82, 2.24) is 5.32 Å². The lowest BCUT2D eigenvalue weighted by atomic mass is 9.87. The van der Waals surface area contributed by atoms with E-state index < -0.39 is 0 Å². The molecule has 5 N–H and O–H groups in total. The van der Waals surface area contributed by atoms with Gasteiger partial charge in [-0.15, -0.1) is 0 Å². The number of nitrogen functional groups attached to an aromatic ring is 2. The molecule has 0 bridgehead atoms. The highest BCUT2D eigenvalue weighted by molar-refractivity contribution is 5.77. The zero-order valence-electron chi connectivity index (χ0n) is 13.2. The summed E-state index contributed by atoms with van der Waals surface area (Å²) in [6.45, 7) is 0. The predicted molar refractivity (Wildman–Crippen MR) is 93.9 cm³/mol. The summed E-state index contributed by atoms with van der Waals surface area (Å²) in [4.78, 5) is 12.3. The van der Waals surface area contributed by atoms with Crippen LogP contribution in [0.15, 0.2) is 42.5 Å². The summed E-state index contributed by atoms with van der Waals surface area (Å²) in [7, 11) is 0. The summed E-state index contributed by atoms with van der Waals surface area (Å²) in [5.41, 5.74) is 16.8. The quantitative estimate of drug-likeness (QED) is 0.759. The lowest BCUT2D eigenvalue weighted by Gasteiger charge is -2.26. The third kappa shape index (κ3) is 3.65. The Morgan fingerprint density at radius 3 is 2.83 bits per heavy atom. The van der Waals surface area contributed by atoms with Crippen molar-refractivity contribution in [1.29, 1.82) is 0 Å². The lowest BCUT2D eigenvalue weighted by Crippen LogP contribution is -2.31. The molecule has 23 heavy (non-hydrogen) atoms. The first-order valence-electron chi connectivity index (χ1n) is 8.14. The third-order valence-electron chi connectivity index (χ3n) is 4.49. The van der Waals surface area contributed by atoms with Gasteiger partial charge in [0.15, 0.2) is 0 Å². The number of amides is 1. The number of nitrogens with two attached hydrogens (primary N) is 2. The van der Waals surface area contributed by atoms with Crippen LogP contribution in [0.1, 0.15) is 42.0 Å². The Kier molecular flexibility index (Phi) is 4.51. The van der Waals surface area contributed by atoms with Crippen LogP contribution in [0.25, 0.3) is 0 Å². The molecule has 1 atom stereocenters. The summed E-state index contributed by atoms with van der Waals surface area (Å²) in [6, 6.07) is 13.8. The average Bonchev–Trinajstić information content (AvgIpc) is 2.54. The molecule has 1 aliphatic carbocycles. The smallest absolute Gasteiger partial charge is 0.220 e. The van der Waals surface area contributed by atoms with Gasteiger partial charge in [-0.1, -0.05) is 24.3 Å². The van der Waals surface area contributed by atoms with E-state index in [1.807, 2.05) is 42.5 Å². The number of nitrogens with one attached hydrogen (secondary N) is 1. The zero-order valence-corrected chi connectivity index (χ0v) is 13.2. The molecular formula is C19H23N3O. The summed E-state index contributed by atoms with van der Waals surface area (Å²) < 4.78 is 0. The van der Waals surface area contributed by atoms with Crippen molar-refractivity contribution in [3.63, 3.8) is 0 Å². The van der Waals surface area contributed by atoms with Crippen LogP contribution >= 0.6 is 0 Å². The molecule has 0 fully saturated rings. The normalized spacial score (nSPS) is 16.6. The van der Waals surface area contributed by atoms with E-state index in [-0.39, 0.29) is 11.9 Å². The minimum absolute atomic E-state index is 0.0722. The second kappa shape index (κ2) is 6.73. The molecule has 3 rings (SSSR count). The third-order valence-corrected chi connectivity index (χ3v) is 4.49. The van der Waals surface area contributed by atoms with Gasteiger partial charge in [-0.25, -0.2) is 0 Å². The number of fused-ring (bicyclic) bond motifs is 1. The molecule has 0 radical (unpaired) electrons. The number of rotatable bonds is 4. The monoisotopic (exact) mass is 309 g/mol. The molecule has 1 amide bonds. The Morgan fingerprint density at radius 1 is 1.17 bits per heavy atom. The van der Waals surface area contributed by atoms with Gasteiger partial charge in [0.2, 0.25) is 5.91 Å². The Balaban J connectivity index is 1.62. The van der Waals surface area contributed by atoms with Crippen molar-refractivity contribution in [2.45, 2.75) is 38.1 Å². The fraction of sp³-hybridized carbons (Fsp3) is 0.316. The van der Waals surface area contributed by atoms with E-state index in [1.54, 1.807) is 0 Å². The minimum Gasteiger partial charge on any atom is -0.399 e. The zero-order chi connectivity index (χ0) is 16.2. The standard InChI is InChI=1S/C19H23N3O/c20-15-9-10-16-14(12-15)5-3-7-18(16)22-19(23)11-8-13-4-1-2-6-17(13)21/h1-2,4,6,9-10,12,18H,3,5,7-8,11,20-21H2,(H,22,23). The number of carbonyl (C=O) groups is 1. The summed E-state index contributed by atoms with van der Waals surface area (Å²) in [6.07, 6.45) is 4.21. The minimum atomic E-state index is 0.0722. The summed E-state index contributed by atoms with van der Waals surface area (Å²) >= 11 is 0. The van der Waals surface area contributed by atoms with Gasteiger partial charge in [0.25, 0.3) is 0 Å². The number of hydrogen-bond donors (Lipinski definition) is 3. The molecule has 4 heteroatoms. The van der Waals surface area contributed by atoms with Crippen molar-refractivity contribution >= 4 is 17.3 Å². The van der Waals surface area contributed by atoms with Gasteiger partial charge < -0.3 is 16.8 Å². The highest BCUT2D eigenvalue weighted by Gasteiger charge is 2.21. The molecule has 4 nitrogen and oxygen atoms in total. The Hall–Kier alpha value is -2.49. The molecule has 1 aliphatic rings. The van der Waals surface area contributed by atoms with Gasteiger partial charge in [0, 0.05) is 17.8 Å². The number of benzene rings is 2. The first kappa shape index (κ1) is 15.4. The maximum atomic E-state index is 12.3. The average molecular weight is 309 g/mol. The van der Waals surface area contributed by atoms with E-state index in [9.17, 15) is 4.79 Å². The number of anilines is 2. The highest BCUT2D eigenvalue weighted by Crippen LogP contribution is 2.31. The van der Waals surface area contributed by atoms with Gasteiger partial charge in [-0.2, -0.15) is 0 Å². The Bertz CT molecular complexity index is 712. The molecule has 120 valence electrons. The van der Waals surface area contributed by atoms with Crippen molar-refractivity contribution in [2.24, 2.45) is 0 Å². The maximum Gasteiger partial charge on any atom is 0.220 e. The van der Waals surface area contributed by atoms with Crippen LogP contribution in [-0.4, -0.2) is 5.91 Å². The second-order valence-corrected chi connectivity index (χ2v) is 6.17. The van der Waals surface area contributed by atoms with Crippen molar-refractivity contribution in [3.05, 3.63) is 59.2 Å². The predicted octanol–water partition coefficient (Wildman–Crippen LogP) is 2.98. The number of hydrogen-bond acceptors (Lipinski definition) is 3. The van der Waals surface area contributed by atoms with E-state index in [4.69, 9.17) is 11.5 Å². The maximum absolute atomic E-state index is 12.3. The molecule has 0 saturated heterocycles. The van der Waals surface area contributed by atoms with Crippen LogP contribution < -0.4 is 16.8 Å². The Morgan fingerprint density at radius 2 is 2.00 bits per heavy atom. The van der Waals surface area contributed by atoms with Crippen molar-refractivity contribution in [3.8, 4) is 0 Å². The topological polar surface area (TPSA) is 81.1 Å². The fourth-order valence-corrected chi connectivity index (χ4v) is 3.26. The van der Waals surface area contributed by atoms with Crippen molar-refractivity contribution < 1.29 is 4.79 Å². The molecule has 0 aliphatic heterocycles. The van der Waals surface area contributed by atoms with E-state index in [2.05, 4.69) is 5.32 Å². The van der Waals surface area contributed by atoms with Gasteiger partial charge in [-0.05, 0) is 60.6 Å². The lowest BCUT2D eigenvalue weighted by molar-refractivity contribution is -0.121. The van der Waals surface area contributed by atoms with E-state index >= 15 is 0 Å². The summed E-state index contributed by atoms with van der Waals surface area (Å²) in [5.74, 6) is 0.0722. The van der Waals surface area contributed by atoms with Gasteiger partial charge in [-0.3, -0.25) is 4.79 Å². The molecule has 1 unspecified atom stereocenters. The molecular weight excluding hydrogens is 286 g/mol.